The molecule has 0 aliphatic heterocycles. The van der Waals surface area contributed by atoms with E-state index in [1.165, 1.54) is 38.5 Å². The highest BCUT2D eigenvalue weighted by Crippen LogP contribution is 2.13. The second kappa shape index (κ2) is 65.3. The number of carbonyl (C=O) groups is 3. The van der Waals surface area contributed by atoms with Crippen molar-refractivity contribution in [2.24, 2.45) is 0 Å². The number of allylic oxidation sites excluding steroid dienone is 28. The Balaban J connectivity index is 4.30. The molecule has 1 atom stereocenters. The molecule has 0 bridgehead atoms. The highest BCUT2D eigenvalue weighted by Gasteiger charge is 2.19. The van der Waals surface area contributed by atoms with Crippen molar-refractivity contribution in [1.82, 2.24) is 0 Å². The molecule has 0 saturated heterocycles. The Kier molecular flexibility index (Phi) is 61.0. The van der Waals surface area contributed by atoms with Crippen LogP contribution in [0.4, 0.5) is 0 Å². The Morgan fingerprint density at radius 1 is 0.266 bits per heavy atom. The molecule has 0 aliphatic rings. The van der Waals surface area contributed by atoms with E-state index in [0.29, 0.717) is 19.3 Å². The molecule has 0 rings (SSSR count). The molecule has 0 radical (unpaired) electrons. The zero-order valence-corrected chi connectivity index (χ0v) is 50.6. The van der Waals surface area contributed by atoms with Crippen LogP contribution in [0.5, 0.6) is 0 Å². The van der Waals surface area contributed by atoms with Crippen LogP contribution in [0.3, 0.4) is 0 Å². The zero-order valence-electron chi connectivity index (χ0n) is 50.6. The maximum absolute atomic E-state index is 12.9. The van der Waals surface area contributed by atoms with Gasteiger partial charge in [0, 0.05) is 19.3 Å². The number of hydrogen-bond acceptors (Lipinski definition) is 6. The molecule has 0 heterocycles. The van der Waals surface area contributed by atoms with Crippen LogP contribution in [0.25, 0.3) is 0 Å². The summed E-state index contributed by atoms with van der Waals surface area (Å²) in [7, 11) is 0. The molecule has 0 aliphatic carbocycles. The number of unbranched alkanes of at least 4 members (excludes halogenated alkanes) is 16. The topological polar surface area (TPSA) is 78.9 Å². The highest BCUT2D eigenvalue weighted by molar-refractivity contribution is 5.71. The first kappa shape index (κ1) is 73.8. The second-order valence-electron chi connectivity index (χ2n) is 20.2. The van der Waals surface area contributed by atoms with Crippen molar-refractivity contribution in [3.05, 3.63) is 170 Å². The van der Waals surface area contributed by atoms with Gasteiger partial charge in [0.25, 0.3) is 0 Å². The Labute approximate surface area is 485 Å². The summed E-state index contributed by atoms with van der Waals surface area (Å²) in [5.41, 5.74) is 0. The summed E-state index contributed by atoms with van der Waals surface area (Å²) in [5.74, 6) is -0.954. The molecule has 0 saturated carbocycles. The van der Waals surface area contributed by atoms with Gasteiger partial charge in [0.2, 0.25) is 0 Å². The molecule has 79 heavy (non-hydrogen) atoms. The Bertz CT molecular complexity index is 1820. The third-order valence-electron chi connectivity index (χ3n) is 12.7. The van der Waals surface area contributed by atoms with E-state index in [1.54, 1.807) is 0 Å². The molecule has 6 nitrogen and oxygen atoms in total. The van der Waals surface area contributed by atoms with E-state index in [4.69, 9.17) is 14.2 Å². The summed E-state index contributed by atoms with van der Waals surface area (Å²) >= 11 is 0. The molecule has 0 fully saturated rings. The second-order valence-corrected chi connectivity index (χ2v) is 20.2. The minimum atomic E-state index is -0.804. The first-order valence-corrected chi connectivity index (χ1v) is 31.6. The molecular formula is C73H114O6. The van der Waals surface area contributed by atoms with Crippen LogP contribution in [0.1, 0.15) is 252 Å². The third-order valence-corrected chi connectivity index (χ3v) is 12.7. The van der Waals surface area contributed by atoms with Crippen molar-refractivity contribution >= 4 is 17.9 Å². The fourth-order valence-corrected chi connectivity index (χ4v) is 8.05. The van der Waals surface area contributed by atoms with Gasteiger partial charge in [-0.15, -0.1) is 0 Å². The predicted octanol–water partition coefficient (Wildman–Crippen LogP) is 21.9. The minimum Gasteiger partial charge on any atom is -0.462 e. The molecule has 0 aromatic rings. The molecule has 442 valence electrons. The van der Waals surface area contributed by atoms with Crippen LogP contribution in [0.15, 0.2) is 170 Å². The number of hydrogen-bond donors (Lipinski definition) is 0. The molecule has 0 N–H and O–H groups in total. The Morgan fingerprint density at radius 3 is 0.772 bits per heavy atom. The Morgan fingerprint density at radius 2 is 0.494 bits per heavy atom. The normalized spacial score (nSPS) is 13.3. The summed E-state index contributed by atoms with van der Waals surface area (Å²) in [6.45, 7) is 6.32. The standard InChI is InChI=1S/C73H114O6/c1-4-7-10-13-16-18-20-22-24-26-28-30-32-34-35-36-37-39-40-42-44-46-48-50-52-54-57-60-63-66-72(75)78-69-70(68-77-71(74)65-62-59-56-15-12-9-6-3)79-73(76)67-64-61-58-55-53-51-49-47-45-43-41-38-33-31-29-27-25-23-21-19-17-14-11-8-5-2/h7-8,10-11,16-19,22-25,28-31,34-35,37-39,41-42,44-45,47-48,50,70H,4-6,9,12-15,20-21,26-27,32-33,36,40,43,46,49,51-69H2,1-3H3/b10-7-,11-8-,18-16-,19-17-,24-22-,25-23-,30-28-,31-29-,35-34-,39-37-,41-38-,44-42-,47-45-,50-48-. The number of esters is 3. The van der Waals surface area contributed by atoms with E-state index >= 15 is 0 Å². The SMILES string of the molecule is CC/C=C\C/C=C\C/C=C\C/C=C\C/C=C\C/C=C\C/C=C\C/C=C\CCCCCCC(=O)OCC(COC(=O)CCCCCCCCC)OC(=O)CCCCCCCC/C=C\C/C=C\C/C=C\C/C=C\C/C=C\C/C=C\CC. The van der Waals surface area contributed by atoms with E-state index in [2.05, 4.69) is 191 Å². The largest absolute Gasteiger partial charge is 0.462 e. The van der Waals surface area contributed by atoms with Crippen molar-refractivity contribution in [3.8, 4) is 0 Å². The fraction of sp³-hybridized carbons (Fsp3) is 0.575. The monoisotopic (exact) mass is 1090 g/mol. The Hall–Kier alpha value is -5.23. The van der Waals surface area contributed by atoms with Crippen LogP contribution < -0.4 is 0 Å². The van der Waals surface area contributed by atoms with Crippen LogP contribution in [0.2, 0.25) is 0 Å². The summed E-state index contributed by atoms with van der Waals surface area (Å²) in [5, 5.41) is 0. The summed E-state index contributed by atoms with van der Waals surface area (Å²) in [6, 6.07) is 0. The lowest BCUT2D eigenvalue weighted by Crippen LogP contribution is -2.30. The van der Waals surface area contributed by atoms with Gasteiger partial charge in [-0.25, -0.2) is 0 Å². The van der Waals surface area contributed by atoms with Crippen molar-refractivity contribution in [2.75, 3.05) is 13.2 Å². The zero-order chi connectivity index (χ0) is 57.1. The number of rotatable bonds is 55. The van der Waals surface area contributed by atoms with Crippen molar-refractivity contribution in [2.45, 2.75) is 258 Å². The molecule has 0 spiro atoms. The lowest BCUT2D eigenvalue weighted by Gasteiger charge is -2.18. The first-order valence-electron chi connectivity index (χ1n) is 31.6. The average Bonchev–Trinajstić information content (AvgIpc) is 3.45. The van der Waals surface area contributed by atoms with E-state index in [0.717, 1.165) is 173 Å². The molecule has 0 aromatic heterocycles. The van der Waals surface area contributed by atoms with E-state index in [1.807, 2.05) is 0 Å². The van der Waals surface area contributed by atoms with Gasteiger partial charge < -0.3 is 14.2 Å². The van der Waals surface area contributed by atoms with Gasteiger partial charge in [-0.2, -0.15) is 0 Å². The molecule has 1 unspecified atom stereocenters. The summed E-state index contributed by atoms with van der Waals surface area (Å²) < 4.78 is 16.8. The molecule has 0 aromatic carbocycles. The van der Waals surface area contributed by atoms with Crippen molar-refractivity contribution in [3.63, 3.8) is 0 Å². The maximum atomic E-state index is 12.9. The van der Waals surface area contributed by atoms with Crippen LogP contribution in [0, 0.1) is 0 Å². The summed E-state index contributed by atoms with van der Waals surface area (Å²) in [6.07, 6.45) is 96.6. The molecular weight excluding hydrogens is 973 g/mol. The third kappa shape index (κ3) is 63.5. The molecule has 6 heteroatoms. The van der Waals surface area contributed by atoms with E-state index in [9.17, 15) is 14.4 Å². The van der Waals surface area contributed by atoms with Gasteiger partial charge in [-0.05, 0) is 135 Å². The van der Waals surface area contributed by atoms with E-state index in [-0.39, 0.29) is 31.1 Å². The van der Waals surface area contributed by atoms with Gasteiger partial charge in [-0.1, -0.05) is 268 Å². The van der Waals surface area contributed by atoms with Crippen LogP contribution in [-0.2, 0) is 28.6 Å². The van der Waals surface area contributed by atoms with Crippen LogP contribution >= 0.6 is 0 Å². The van der Waals surface area contributed by atoms with Gasteiger partial charge in [0.15, 0.2) is 6.10 Å². The van der Waals surface area contributed by atoms with E-state index < -0.39 is 6.10 Å². The molecule has 0 amide bonds. The minimum absolute atomic E-state index is 0.0993. The van der Waals surface area contributed by atoms with Gasteiger partial charge >= 0.3 is 17.9 Å². The lowest BCUT2D eigenvalue weighted by molar-refractivity contribution is -0.167. The van der Waals surface area contributed by atoms with Crippen LogP contribution in [-0.4, -0.2) is 37.2 Å². The summed E-state index contributed by atoms with van der Waals surface area (Å²) in [4.78, 5) is 38.1. The van der Waals surface area contributed by atoms with Gasteiger partial charge in [0.1, 0.15) is 13.2 Å². The smallest absolute Gasteiger partial charge is 0.306 e. The first-order chi connectivity index (χ1) is 39.0. The number of ether oxygens (including phenoxy) is 3. The quantitative estimate of drug-likeness (QED) is 0.0261. The lowest BCUT2D eigenvalue weighted by atomic mass is 10.1. The number of carbonyl (C=O) groups excluding carboxylic acids is 3. The van der Waals surface area contributed by atoms with Gasteiger partial charge in [-0.3, -0.25) is 14.4 Å². The maximum Gasteiger partial charge on any atom is 0.306 e. The highest BCUT2D eigenvalue weighted by atomic mass is 16.6. The van der Waals surface area contributed by atoms with Gasteiger partial charge in [0.05, 0.1) is 0 Å². The fourth-order valence-electron chi connectivity index (χ4n) is 8.05. The van der Waals surface area contributed by atoms with Crippen molar-refractivity contribution < 1.29 is 28.6 Å². The average molecular weight is 1090 g/mol. The van der Waals surface area contributed by atoms with Crippen molar-refractivity contribution in [1.29, 1.82) is 0 Å². The predicted molar refractivity (Wildman–Crippen MR) is 343 cm³/mol.